The van der Waals surface area contributed by atoms with E-state index in [0.29, 0.717) is 24.3 Å². The van der Waals surface area contributed by atoms with E-state index in [1.165, 1.54) is 0 Å². The van der Waals surface area contributed by atoms with Crippen molar-refractivity contribution in [3.05, 3.63) is 6.33 Å². The first kappa shape index (κ1) is 16.1. The zero-order valence-electron chi connectivity index (χ0n) is 14.1. The number of fused-ring (bicyclic) bond motifs is 1. The Balaban J connectivity index is 1.43. The first-order valence-corrected chi connectivity index (χ1v) is 8.71. The molecule has 134 valence electrons. The molecule has 0 atom stereocenters. The first-order valence-electron chi connectivity index (χ1n) is 8.71. The van der Waals surface area contributed by atoms with E-state index in [1.54, 1.807) is 11.2 Å². The molecule has 1 saturated heterocycles. The molecule has 1 aliphatic carbocycles. The van der Waals surface area contributed by atoms with Crippen molar-refractivity contribution >= 4 is 28.8 Å². The molecule has 2 aromatic heterocycles. The Morgan fingerprint density at radius 3 is 2.68 bits per heavy atom. The lowest BCUT2D eigenvalue weighted by molar-refractivity contribution is -0.143. The van der Waals surface area contributed by atoms with Crippen molar-refractivity contribution in [2.75, 3.05) is 24.6 Å². The Labute approximate surface area is 145 Å². The van der Waals surface area contributed by atoms with Crippen molar-refractivity contribution in [3.8, 4) is 0 Å². The number of aromatic nitrogens is 4. The van der Waals surface area contributed by atoms with Gasteiger partial charge in [0.2, 0.25) is 11.9 Å². The monoisotopic (exact) mass is 345 g/mol. The van der Waals surface area contributed by atoms with Crippen LogP contribution >= 0.6 is 0 Å². The van der Waals surface area contributed by atoms with Crippen LogP contribution < -0.4 is 11.5 Å². The normalized spacial score (nSPS) is 20.6. The number of imidazole rings is 1. The van der Waals surface area contributed by atoms with E-state index in [2.05, 4.69) is 15.0 Å². The van der Waals surface area contributed by atoms with Gasteiger partial charge in [-0.1, -0.05) is 19.3 Å². The molecule has 0 bridgehead atoms. The Bertz CT molecular complexity index is 806. The summed E-state index contributed by atoms with van der Waals surface area (Å²) in [5.74, 6) is 0.380. The summed E-state index contributed by atoms with van der Waals surface area (Å²) in [5.41, 5.74) is 11.8. The van der Waals surface area contributed by atoms with Crippen LogP contribution in [0.3, 0.4) is 0 Å². The summed E-state index contributed by atoms with van der Waals surface area (Å²) in [7, 11) is 0. The highest BCUT2D eigenvalue weighted by Crippen LogP contribution is 2.33. The van der Waals surface area contributed by atoms with Gasteiger partial charge in [0.05, 0.1) is 24.4 Å². The van der Waals surface area contributed by atoms with Crippen LogP contribution in [0.25, 0.3) is 11.2 Å². The molecule has 5 N–H and O–H groups in total. The first-order chi connectivity index (χ1) is 12.0. The number of rotatable bonds is 3. The van der Waals surface area contributed by atoms with E-state index < -0.39 is 5.60 Å². The van der Waals surface area contributed by atoms with E-state index in [0.717, 1.165) is 32.1 Å². The Hall–Kier alpha value is -2.42. The van der Waals surface area contributed by atoms with Crippen LogP contribution in [0.15, 0.2) is 6.33 Å². The van der Waals surface area contributed by atoms with Crippen molar-refractivity contribution in [1.29, 1.82) is 0 Å². The van der Waals surface area contributed by atoms with Crippen LogP contribution in [-0.4, -0.2) is 54.1 Å². The number of amides is 1. The van der Waals surface area contributed by atoms with Crippen LogP contribution in [0.5, 0.6) is 0 Å². The molecule has 3 heterocycles. The summed E-state index contributed by atoms with van der Waals surface area (Å²) in [6.07, 6.45) is 6.45. The third kappa shape index (κ3) is 2.88. The van der Waals surface area contributed by atoms with Gasteiger partial charge in [-0.25, -0.2) is 4.98 Å². The average molecular weight is 345 g/mol. The fourth-order valence-corrected chi connectivity index (χ4v) is 3.84. The maximum Gasteiger partial charge on any atom is 0.225 e. The minimum Gasteiger partial charge on any atom is -0.389 e. The maximum absolute atomic E-state index is 12.5. The number of hydrogen-bond donors (Lipinski definition) is 3. The highest BCUT2D eigenvalue weighted by molar-refractivity contribution is 5.83. The molecule has 1 saturated carbocycles. The lowest BCUT2D eigenvalue weighted by Gasteiger charge is -2.42. The fraction of sp³-hybridized carbons (Fsp3) is 0.625. The number of nitrogens with zero attached hydrogens (tertiary/aromatic N) is 5. The maximum atomic E-state index is 12.5. The predicted octanol–water partition coefficient (Wildman–Crippen LogP) is 0.459. The zero-order valence-corrected chi connectivity index (χ0v) is 14.1. The van der Waals surface area contributed by atoms with Gasteiger partial charge in [0.15, 0.2) is 11.5 Å². The average Bonchev–Trinajstić information content (AvgIpc) is 2.90. The highest BCUT2D eigenvalue weighted by atomic mass is 16.3. The summed E-state index contributed by atoms with van der Waals surface area (Å²) in [5, 5.41) is 10.6. The van der Waals surface area contributed by atoms with E-state index in [4.69, 9.17) is 11.5 Å². The molecule has 1 aliphatic heterocycles. The third-order valence-corrected chi connectivity index (χ3v) is 5.34. The number of carbonyl (C=O) groups is 1. The Morgan fingerprint density at radius 2 is 1.96 bits per heavy atom. The molecular weight excluding hydrogens is 322 g/mol. The zero-order chi connectivity index (χ0) is 17.6. The second-order valence-corrected chi connectivity index (χ2v) is 7.21. The van der Waals surface area contributed by atoms with E-state index in [1.807, 2.05) is 4.57 Å². The number of hydrogen-bond acceptors (Lipinski definition) is 7. The molecule has 4 rings (SSSR count). The quantitative estimate of drug-likeness (QED) is 0.735. The van der Waals surface area contributed by atoms with Gasteiger partial charge in [-0.15, -0.1) is 0 Å². The molecular formula is C16H23N7O2. The fourth-order valence-electron chi connectivity index (χ4n) is 3.84. The summed E-state index contributed by atoms with van der Waals surface area (Å²) >= 11 is 0. The Morgan fingerprint density at radius 1 is 1.24 bits per heavy atom. The number of anilines is 2. The smallest absolute Gasteiger partial charge is 0.225 e. The largest absolute Gasteiger partial charge is 0.389 e. The molecule has 0 spiro atoms. The molecule has 2 aliphatic rings. The lowest BCUT2D eigenvalue weighted by atomic mass is 9.82. The van der Waals surface area contributed by atoms with Crippen LogP contribution in [0, 0.1) is 0 Å². The molecule has 25 heavy (non-hydrogen) atoms. The number of nitrogen functional groups attached to an aromatic ring is 2. The van der Waals surface area contributed by atoms with E-state index in [9.17, 15) is 9.90 Å². The van der Waals surface area contributed by atoms with Crippen LogP contribution in [-0.2, 0) is 4.79 Å². The number of nitrogens with two attached hydrogens (primary N) is 2. The third-order valence-electron chi connectivity index (χ3n) is 5.34. The molecule has 0 unspecified atom stereocenters. The molecule has 9 nitrogen and oxygen atoms in total. The molecule has 0 radical (unpaired) electrons. The van der Waals surface area contributed by atoms with Gasteiger partial charge >= 0.3 is 0 Å². The lowest BCUT2D eigenvalue weighted by Crippen LogP contribution is -2.52. The standard InChI is InChI=1S/C16H23N7O2/c17-13-12-14(21-15(18)20-13)23(9-19-12)10-7-22(8-10)11(24)6-16(25)4-2-1-3-5-16/h9-10,25H,1-8H2,(H4,17,18,20,21). The van der Waals surface area contributed by atoms with Crippen molar-refractivity contribution in [1.82, 2.24) is 24.4 Å². The number of aliphatic hydroxyl groups is 1. The van der Waals surface area contributed by atoms with Gasteiger partial charge < -0.3 is 26.0 Å². The van der Waals surface area contributed by atoms with E-state index >= 15 is 0 Å². The van der Waals surface area contributed by atoms with Gasteiger partial charge in [-0.3, -0.25) is 4.79 Å². The van der Waals surface area contributed by atoms with Crippen molar-refractivity contribution in [2.24, 2.45) is 0 Å². The van der Waals surface area contributed by atoms with Crippen LogP contribution in [0.2, 0.25) is 0 Å². The van der Waals surface area contributed by atoms with Gasteiger partial charge in [0, 0.05) is 13.1 Å². The van der Waals surface area contributed by atoms with Gasteiger partial charge in [-0.2, -0.15) is 9.97 Å². The molecule has 0 aromatic carbocycles. The molecule has 2 fully saturated rings. The van der Waals surface area contributed by atoms with Crippen LogP contribution in [0.4, 0.5) is 11.8 Å². The predicted molar refractivity (Wildman–Crippen MR) is 92.4 cm³/mol. The molecule has 2 aromatic rings. The van der Waals surface area contributed by atoms with Crippen molar-refractivity contribution in [2.45, 2.75) is 50.2 Å². The summed E-state index contributed by atoms with van der Waals surface area (Å²) in [4.78, 5) is 26.6. The minimum atomic E-state index is -0.821. The van der Waals surface area contributed by atoms with E-state index in [-0.39, 0.29) is 30.1 Å². The van der Waals surface area contributed by atoms with Gasteiger partial charge in [0.1, 0.15) is 5.52 Å². The molecule has 9 heteroatoms. The SMILES string of the molecule is Nc1nc(N)c2ncn(C3CN(C(=O)CC4(O)CCCCC4)C3)c2n1. The summed E-state index contributed by atoms with van der Waals surface area (Å²) < 4.78 is 1.89. The minimum absolute atomic E-state index is 0.0127. The molecule has 1 amide bonds. The second kappa shape index (κ2) is 5.83. The van der Waals surface area contributed by atoms with Crippen LogP contribution in [0.1, 0.15) is 44.6 Å². The number of likely N-dealkylation sites (tertiary alicyclic amines) is 1. The highest BCUT2D eigenvalue weighted by Gasteiger charge is 2.38. The number of carbonyl (C=O) groups excluding carboxylic acids is 1. The second-order valence-electron chi connectivity index (χ2n) is 7.21. The topological polar surface area (TPSA) is 136 Å². The van der Waals surface area contributed by atoms with Gasteiger partial charge in [0.25, 0.3) is 0 Å². The Kier molecular flexibility index (Phi) is 3.75. The van der Waals surface area contributed by atoms with Gasteiger partial charge in [-0.05, 0) is 12.8 Å². The van der Waals surface area contributed by atoms with Crippen molar-refractivity contribution < 1.29 is 9.90 Å². The van der Waals surface area contributed by atoms with Crippen molar-refractivity contribution in [3.63, 3.8) is 0 Å². The summed E-state index contributed by atoms with van der Waals surface area (Å²) in [6.45, 7) is 1.15. The summed E-state index contributed by atoms with van der Waals surface area (Å²) in [6, 6.07) is 0.0867.